The summed E-state index contributed by atoms with van der Waals surface area (Å²) < 4.78 is 0. The lowest BCUT2D eigenvalue weighted by atomic mass is 10.1. The molecule has 2 aliphatic heterocycles. The minimum atomic E-state index is -0.281. The van der Waals surface area contributed by atoms with Crippen molar-refractivity contribution in [2.24, 2.45) is 0 Å². The van der Waals surface area contributed by atoms with Crippen LogP contribution >= 0.6 is 0 Å². The van der Waals surface area contributed by atoms with Crippen LogP contribution in [0.1, 0.15) is 61.1 Å². The fourth-order valence-electron chi connectivity index (χ4n) is 4.80. The summed E-state index contributed by atoms with van der Waals surface area (Å²) in [6.07, 6.45) is 2.37. The highest BCUT2D eigenvalue weighted by Crippen LogP contribution is 2.25. The molecule has 5 rings (SSSR count). The average Bonchev–Trinajstić information content (AvgIpc) is 3.49. The predicted octanol–water partition coefficient (Wildman–Crippen LogP) is 4.05. The Morgan fingerprint density at radius 3 is 2.00 bits per heavy atom. The van der Waals surface area contributed by atoms with Crippen LogP contribution in [0, 0.1) is 0 Å². The number of hydrogen-bond donors (Lipinski definition) is 1. The van der Waals surface area contributed by atoms with Crippen LogP contribution in [0.15, 0.2) is 78.9 Å². The Morgan fingerprint density at radius 1 is 0.794 bits per heavy atom. The highest BCUT2D eigenvalue weighted by atomic mass is 16.2. The number of imide groups is 1. The molecule has 2 heterocycles. The van der Waals surface area contributed by atoms with E-state index in [4.69, 9.17) is 0 Å². The number of carbonyl (C=O) groups is 3. The summed E-state index contributed by atoms with van der Waals surface area (Å²) >= 11 is 0. The third kappa shape index (κ3) is 4.37. The largest absolute Gasteiger partial charge is 0.350 e. The van der Waals surface area contributed by atoms with E-state index in [1.54, 1.807) is 48.5 Å². The molecule has 3 amide bonds. The molecule has 34 heavy (non-hydrogen) atoms. The van der Waals surface area contributed by atoms with Crippen molar-refractivity contribution in [1.82, 2.24) is 15.1 Å². The van der Waals surface area contributed by atoms with Gasteiger partial charge in [0.15, 0.2) is 0 Å². The topological polar surface area (TPSA) is 69.7 Å². The van der Waals surface area contributed by atoms with Crippen LogP contribution < -0.4 is 5.32 Å². The van der Waals surface area contributed by atoms with Gasteiger partial charge < -0.3 is 5.32 Å². The SMILES string of the molecule is O=C(NC[C@H](c1ccccc1)N1CCCC1)c1ccc(CN2C(=O)c3ccccc3C2=O)cc1. The predicted molar refractivity (Wildman–Crippen MR) is 129 cm³/mol. The van der Waals surface area contributed by atoms with Crippen LogP contribution in [-0.4, -0.2) is 47.2 Å². The smallest absolute Gasteiger partial charge is 0.261 e. The molecule has 0 radical (unpaired) electrons. The molecule has 1 saturated heterocycles. The quantitative estimate of drug-likeness (QED) is 0.548. The number of likely N-dealkylation sites (tertiary alicyclic amines) is 1. The minimum Gasteiger partial charge on any atom is -0.350 e. The first kappa shape index (κ1) is 22.0. The Hall–Kier alpha value is -3.77. The van der Waals surface area contributed by atoms with Crippen LogP contribution in [0.3, 0.4) is 0 Å². The van der Waals surface area contributed by atoms with E-state index in [2.05, 4.69) is 22.3 Å². The molecule has 1 fully saturated rings. The van der Waals surface area contributed by atoms with Gasteiger partial charge in [-0.1, -0.05) is 54.6 Å². The maximum absolute atomic E-state index is 12.9. The Labute approximate surface area is 199 Å². The van der Waals surface area contributed by atoms with Crippen molar-refractivity contribution in [2.75, 3.05) is 19.6 Å². The molecule has 2 aliphatic rings. The lowest BCUT2D eigenvalue weighted by Crippen LogP contribution is -2.36. The van der Waals surface area contributed by atoms with Crippen molar-refractivity contribution in [3.8, 4) is 0 Å². The number of nitrogens with zero attached hydrogens (tertiary/aromatic N) is 2. The summed E-state index contributed by atoms with van der Waals surface area (Å²) in [5.41, 5.74) is 3.44. The normalized spacial score (nSPS) is 16.5. The summed E-state index contributed by atoms with van der Waals surface area (Å²) in [7, 11) is 0. The lowest BCUT2D eigenvalue weighted by Gasteiger charge is -2.28. The number of amides is 3. The van der Waals surface area contributed by atoms with Gasteiger partial charge in [0.05, 0.1) is 23.7 Å². The third-order valence-corrected chi connectivity index (χ3v) is 6.66. The molecule has 6 nitrogen and oxygen atoms in total. The van der Waals surface area contributed by atoms with Gasteiger partial charge in [0.25, 0.3) is 17.7 Å². The van der Waals surface area contributed by atoms with E-state index >= 15 is 0 Å². The molecule has 0 bridgehead atoms. The highest BCUT2D eigenvalue weighted by molar-refractivity contribution is 6.21. The van der Waals surface area contributed by atoms with Crippen molar-refractivity contribution in [2.45, 2.75) is 25.4 Å². The second-order valence-electron chi connectivity index (χ2n) is 8.82. The summed E-state index contributed by atoms with van der Waals surface area (Å²) in [6, 6.07) is 24.4. The Kier molecular flexibility index (Phi) is 6.23. The number of nitrogens with one attached hydrogen (secondary N) is 1. The van der Waals surface area contributed by atoms with Crippen molar-refractivity contribution in [3.05, 3.63) is 107 Å². The van der Waals surface area contributed by atoms with E-state index in [9.17, 15) is 14.4 Å². The fraction of sp³-hybridized carbons (Fsp3) is 0.250. The standard InChI is InChI=1S/C28H27N3O3/c32-26(29-18-25(30-16-6-7-17-30)21-8-2-1-3-9-21)22-14-12-20(13-15-22)19-31-27(33)23-10-4-5-11-24(23)28(31)34/h1-5,8-15,25H,6-7,16-19H2,(H,29,32)/t25-/m1/s1. The van der Waals surface area contributed by atoms with Gasteiger partial charge in [-0.05, 0) is 61.3 Å². The zero-order chi connectivity index (χ0) is 23.5. The maximum atomic E-state index is 12.9. The molecule has 0 unspecified atom stereocenters. The number of benzene rings is 3. The first-order valence-electron chi connectivity index (χ1n) is 11.7. The van der Waals surface area contributed by atoms with Crippen LogP contribution in [0.25, 0.3) is 0 Å². The number of rotatable bonds is 7. The first-order valence-corrected chi connectivity index (χ1v) is 11.7. The second kappa shape index (κ2) is 9.61. The fourth-order valence-corrected chi connectivity index (χ4v) is 4.80. The van der Waals surface area contributed by atoms with Crippen molar-refractivity contribution < 1.29 is 14.4 Å². The van der Waals surface area contributed by atoms with Crippen LogP contribution in [0.4, 0.5) is 0 Å². The van der Waals surface area contributed by atoms with Crippen LogP contribution in [-0.2, 0) is 6.54 Å². The van der Waals surface area contributed by atoms with Gasteiger partial charge in [-0.25, -0.2) is 0 Å². The molecule has 0 spiro atoms. The molecule has 3 aromatic carbocycles. The highest BCUT2D eigenvalue weighted by Gasteiger charge is 2.35. The Balaban J connectivity index is 1.23. The van der Waals surface area contributed by atoms with Crippen LogP contribution in [0.5, 0.6) is 0 Å². The molecule has 0 saturated carbocycles. The van der Waals surface area contributed by atoms with Gasteiger partial charge in [0.2, 0.25) is 0 Å². The van der Waals surface area contributed by atoms with Gasteiger partial charge in [0.1, 0.15) is 0 Å². The van der Waals surface area contributed by atoms with Gasteiger partial charge in [-0.2, -0.15) is 0 Å². The van der Waals surface area contributed by atoms with Gasteiger partial charge >= 0.3 is 0 Å². The lowest BCUT2D eigenvalue weighted by molar-refractivity contribution is 0.0641. The molecule has 1 atom stereocenters. The average molecular weight is 454 g/mol. The first-order chi connectivity index (χ1) is 16.6. The maximum Gasteiger partial charge on any atom is 0.261 e. The third-order valence-electron chi connectivity index (χ3n) is 6.66. The summed E-state index contributed by atoms with van der Waals surface area (Å²) in [4.78, 5) is 41.7. The van der Waals surface area contributed by atoms with E-state index in [0.717, 1.165) is 18.7 Å². The van der Waals surface area contributed by atoms with Crippen molar-refractivity contribution in [3.63, 3.8) is 0 Å². The monoisotopic (exact) mass is 453 g/mol. The molecule has 6 heteroatoms. The molecule has 172 valence electrons. The number of carbonyl (C=O) groups excluding carboxylic acids is 3. The number of fused-ring (bicyclic) bond motifs is 1. The second-order valence-corrected chi connectivity index (χ2v) is 8.82. The van der Waals surface area contributed by atoms with Crippen LogP contribution in [0.2, 0.25) is 0 Å². The Bertz CT molecular complexity index is 1170. The molecular formula is C28H27N3O3. The van der Waals surface area contributed by atoms with Gasteiger partial charge in [-0.15, -0.1) is 0 Å². The van der Waals surface area contributed by atoms with E-state index in [1.807, 2.05) is 18.2 Å². The van der Waals surface area contributed by atoms with E-state index in [0.29, 0.717) is 23.2 Å². The summed E-state index contributed by atoms with van der Waals surface area (Å²) in [5, 5.41) is 3.09. The zero-order valence-electron chi connectivity index (χ0n) is 18.9. The molecular weight excluding hydrogens is 426 g/mol. The van der Waals surface area contributed by atoms with E-state index < -0.39 is 0 Å². The van der Waals surface area contributed by atoms with E-state index in [1.165, 1.54) is 23.3 Å². The van der Waals surface area contributed by atoms with Crippen molar-refractivity contribution in [1.29, 1.82) is 0 Å². The summed E-state index contributed by atoms with van der Waals surface area (Å²) in [6.45, 7) is 2.81. The van der Waals surface area contributed by atoms with Gasteiger partial charge in [-0.3, -0.25) is 24.2 Å². The molecule has 1 N–H and O–H groups in total. The number of hydrogen-bond acceptors (Lipinski definition) is 4. The van der Waals surface area contributed by atoms with E-state index in [-0.39, 0.29) is 30.3 Å². The summed E-state index contributed by atoms with van der Waals surface area (Å²) in [5.74, 6) is -0.694. The molecule has 0 aromatic heterocycles. The molecule has 0 aliphatic carbocycles. The van der Waals surface area contributed by atoms with Gasteiger partial charge in [0, 0.05) is 12.1 Å². The van der Waals surface area contributed by atoms with Crippen molar-refractivity contribution >= 4 is 17.7 Å². The Morgan fingerprint density at radius 2 is 1.38 bits per heavy atom. The molecule has 3 aromatic rings. The minimum absolute atomic E-state index is 0.132. The zero-order valence-corrected chi connectivity index (χ0v) is 18.9.